The minimum atomic E-state index is 0. The van der Waals surface area contributed by atoms with E-state index in [9.17, 15) is 0 Å². The van der Waals surface area contributed by atoms with Gasteiger partial charge in [0.05, 0.1) is 12.2 Å². The quantitative estimate of drug-likeness (QED) is 0.459. The third kappa shape index (κ3) is 4.12. The molecule has 1 aliphatic carbocycles. The van der Waals surface area contributed by atoms with E-state index in [4.69, 9.17) is 0 Å². The van der Waals surface area contributed by atoms with E-state index in [1.54, 1.807) is 0 Å². The number of rotatable bonds is 2. The van der Waals surface area contributed by atoms with E-state index in [1.807, 2.05) is 20.0 Å². The summed E-state index contributed by atoms with van der Waals surface area (Å²) < 4.78 is 0. The van der Waals surface area contributed by atoms with Crippen molar-refractivity contribution in [2.24, 2.45) is 16.8 Å². The molecule has 2 fully saturated rings. The molecular weight excluding hydrogens is 387 g/mol. The number of aryl methyl sites for hydroxylation is 1. The van der Waals surface area contributed by atoms with Crippen molar-refractivity contribution in [2.75, 3.05) is 20.1 Å². The summed E-state index contributed by atoms with van der Waals surface area (Å²) in [6, 6.07) is 6.16. The summed E-state index contributed by atoms with van der Waals surface area (Å²) in [6.45, 7) is 5.13. The molecule has 1 aliphatic heterocycles. The van der Waals surface area contributed by atoms with Gasteiger partial charge in [0.25, 0.3) is 0 Å². The smallest absolute Gasteiger partial charge is 0.193 e. The molecule has 122 valence electrons. The topological polar surface area (TPSA) is 40.5 Å². The summed E-state index contributed by atoms with van der Waals surface area (Å²) in [7, 11) is 1.88. The highest BCUT2D eigenvalue weighted by atomic mass is 127. The third-order valence-electron chi connectivity index (χ3n) is 4.86. The molecular formula is C17H27IN4. The number of aromatic nitrogens is 1. The summed E-state index contributed by atoms with van der Waals surface area (Å²) >= 11 is 0. The van der Waals surface area contributed by atoms with Crippen molar-refractivity contribution >= 4 is 29.9 Å². The lowest BCUT2D eigenvalue weighted by Crippen LogP contribution is -2.40. The Morgan fingerprint density at radius 2 is 1.95 bits per heavy atom. The molecule has 0 bridgehead atoms. The van der Waals surface area contributed by atoms with Crippen LogP contribution in [-0.2, 0) is 6.54 Å². The fraction of sp³-hybridized carbons (Fsp3) is 0.647. The van der Waals surface area contributed by atoms with Gasteiger partial charge in [-0.05, 0) is 43.7 Å². The Balaban J connectivity index is 0.00000176. The monoisotopic (exact) mass is 414 g/mol. The van der Waals surface area contributed by atoms with Crippen LogP contribution in [0, 0.1) is 18.8 Å². The molecule has 0 amide bonds. The first kappa shape index (κ1) is 17.5. The number of nitrogens with one attached hydrogen (secondary N) is 1. The first-order valence-corrected chi connectivity index (χ1v) is 8.14. The summed E-state index contributed by atoms with van der Waals surface area (Å²) in [5.41, 5.74) is 2.14. The molecule has 5 heteroatoms. The summed E-state index contributed by atoms with van der Waals surface area (Å²) in [5, 5.41) is 3.48. The van der Waals surface area contributed by atoms with Crippen molar-refractivity contribution in [2.45, 2.75) is 39.2 Å². The maximum atomic E-state index is 4.54. The molecule has 1 aromatic heterocycles. The highest BCUT2D eigenvalue weighted by molar-refractivity contribution is 14.0. The van der Waals surface area contributed by atoms with Gasteiger partial charge in [-0.25, -0.2) is 0 Å². The molecule has 4 nitrogen and oxygen atoms in total. The van der Waals surface area contributed by atoms with E-state index in [0.29, 0.717) is 0 Å². The molecule has 1 saturated heterocycles. The Morgan fingerprint density at radius 1 is 1.27 bits per heavy atom. The number of halogens is 1. The van der Waals surface area contributed by atoms with Gasteiger partial charge >= 0.3 is 0 Å². The normalized spacial score (nSPS) is 24.6. The van der Waals surface area contributed by atoms with Gasteiger partial charge in [-0.2, -0.15) is 0 Å². The first-order chi connectivity index (χ1) is 10.3. The molecule has 0 radical (unpaired) electrons. The van der Waals surface area contributed by atoms with E-state index < -0.39 is 0 Å². The number of guanidine groups is 1. The summed E-state index contributed by atoms with van der Waals surface area (Å²) in [5.74, 6) is 2.80. The zero-order chi connectivity index (χ0) is 14.7. The molecule has 0 aromatic carbocycles. The van der Waals surface area contributed by atoms with Crippen molar-refractivity contribution < 1.29 is 0 Å². The standard InChI is InChI=1S/C17H26N4.HI/c1-13-6-5-9-16(20-13)10-19-17(18-2)21-11-14-7-3-4-8-15(14)12-21;/h5-6,9,14-15H,3-4,7-8,10-12H2,1-2H3,(H,18,19);1H. The third-order valence-corrected chi connectivity index (χ3v) is 4.86. The Hall–Kier alpha value is -0.850. The van der Waals surface area contributed by atoms with Crippen molar-refractivity contribution in [1.82, 2.24) is 15.2 Å². The van der Waals surface area contributed by atoms with Crippen LogP contribution in [0.15, 0.2) is 23.2 Å². The van der Waals surface area contributed by atoms with Crippen LogP contribution >= 0.6 is 24.0 Å². The van der Waals surface area contributed by atoms with Crippen LogP contribution in [0.2, 0.25) is 0 Å². The Morgan fingerprint density at radius 3 is 2.55 bits per heavy atom. The highest BCUT2D eigenvalue weighted by Crippen LogP contribution is 2.35. The Kier molecular flexibility index (Phi) is 6.47. The van der Waals surface area contributed by atoms with E-state index in [0.717, 1.165) is 35.7 Å². The highest BCUT2D eigenvalue weighted by Gasteiger charge is 2.35. The van der Waals surface area contributed by atoms with Gasteiger partial charge in [-0.1, -0.05) is 18.9 Å². The van der Waals surface area contributed by atoms with Crippen LogP contribution in [-0.4, -0.2) is 36.0 Å². The van der Waals surface area contributed by atoms with Gasteiger partial charge in [0.2, 0.25) is 0 Å². The summed E-state index contributed by atoms with van der Waals surface area (Å²) in [4.78, 5) is 11.5. The lowest BCUT2D eigenvalue weighted by Gasteiger charge is -2.22. The van der Waals surface area contributed by atoms with Crippen LogP contribution in [0.5, 0.6) is 0 Å². The van der Waals surface area contributed by atoms with E-state index in [-0.39, 0.29) is 24.0 Å². The number of fused-ring (bicyclic) bond motifs is 1. The SMILES string of the molecule is CN=C(NCc1cccc(C)n1)N1CC2CCCCC2C1.I. The second-order valence-corrected chi connectivity index (χ2v) is 6.38. The van der Waals surface area contributed by atoms with E-state index in [2.05, 4.69) is 32.3 Å². The molecule has 1 N–H and O–H groups in total. The fourth-order valence-corrected chi connectivity index (χ4v) is 3.78. The fourth-order valence-electron chi connectivity index (χ4n) is 3.78. The molecule has 3 rings (SSSR count). The van der Waals surface area contributed by atoms with Gasteiger partial charge in [-0.15, -0.1) is 24.0 Å². The number of nitrogens with zero attached hydrogens (tertiary/aromatic N) is 3. The average Bonchev–Trinajstić information content (AvgIpc) is 2.91. The first-order valence-electron chi connectivity index (χ1n) is 8.14. The van der Waals surface area contributed by atoms with Crippen LogP contribution in [0.25, 0.3) is 0 Å². The number of likely N-dealkylation sites (tertiary alicyclic amines) is 1. The van der Waals surface area contributed by atoms with Crippen molar-refractivity contribution in [1.29, 1.82) is 0 Å². The zero-order valence-corrected chi connectivity index (χ0v) is 15.9. The van der Waals surface area contributed by atoms with Crippen LogP contribution in [0.1, 0.15) is 37.1 Å². The van der Waals surface area contributed by atoms with E-state index in [1.165, 1.54) is 38.8 Å². The van der Waals surface area contributed by atoms with Crippen LogP contribution < -0.4 is 5.32 Å². The molecule has 1 aromatic rings. The van der Waals surface area contributed by atoms with Gasteiger partial charge in [0, 0.05) is 25.8 Å². The number of hydrogen-bond donors (Lipinski definition) is 1. The lowest BCUT2D eigenvalue weighted by molar-refractivity contribution is 0.299. The predicted octanol–water partition coefficient (Wildman–Crippen LogP) is 3.21. The molecule has 2 heterocycles. The Labute approximate surface area is 150 Å². The van der Waals surface area contributed by atoms with Crippen molar-refractivity contribution in [3.05, 3.63) is 29.6 Å². The predicted molar refractivity (Wildman–Crippen MR) is 102 cm³/mol. The number of hydrogen-bond acceptors (Lipinski definition) is 2. The van der Waals surface area contributed by atoms with Crippen LogP contribution in [0.4, 0.5) is 0 Å². The maximum absolute atomic E-state index is 4.54. The molecule has 0 spiro atoms. The number of aliphatic imine (C=N–C) groups is 1. The number of pyridine rings is 1. The van der Waals surface area contributed by atoms with Gasteiger partial charge < -0.3 is 10.2 Å². The molecule has 1 saturated carbocycles. The Bertz CT molecular complexity index is 503. The minimum Gasteiger partial charge on any atom is -0.351 e. The molecule has 2 aliphatic rings. The van der Waals surface area contributed by atoms with E-state index >= 15 is 0 Å². The zero-order valence-electron chi connectivity index (χ0n) is 13.6. The van der Waals surface area contributed by atoms with Gasteiger partial charge in [0.1, 0.15) is 0 Å². The second kappa shape index (κ2) is 8.13. The van der Waals surface area contributed by atoms with Crippen molar-refractivity contribution in [3.63, 3.8) is 0 Å². The average molecular weight is 414 g/mol. The molecule has 2 unspecified atom stereocenters. The van der Waals surface area contributed by atoms with Gasteiger partial charge in [-0.3, -0.25) is 9.98 Å². The lowest BCUT2D eigenvalue weighted by atomic mass is 9.82. The minimum absolute atomic E-state index is 0. The van der Waals surface area contributed by atoms with Crippen molar-refractivity contribution in [3.8, 4) is 0 Å². The second-order valence-electron chi connectivity index (χ2n) is 6.38. The largest absolute Gasteiger partial charge is 0.351 e. The molecule has 2 atom stereocenters. The maximum Gasteiger partial charge on any atom is 0.193 e. The van der Waals surface area contributed by atoms with Crippen LogP contribution in [0.3, 0.4) is 0 Å². The van der Waals surface area contributed by atoms with Gasteiger partial charge in [0.15, 0.2) is 5.96 Å². The summed E-state index contributed by atoms with van der Waals surface area (Å²) in [6.07, 6.45) is 5.62. The molecule has 22 heavy (non-hydrogen) atoms.